The zero-order valence-corrected chi connectivity index (χ0v) is 13.0. The van der Waals surface area contributed by atoms with Crippen molar-refractivity contribution in [3.8, 4) is 0 Å². The highest BCUT2D eigenvalue weighted by molar-refractivity contribution is 6.42. The topological polar surface area (TPSA) is 40.6 Å². The Bertz CT molecular complexity index is 585. The quantitative estimate of drug-likeness (QED) is 0.838. The molecule has 0 spiro atoms. The Kier molecular flexibility index (Phi) is 4.09. The van der Waals surface area contributed by atoms with Gasteiger partial charge in [0.1, 0.15) is 0 Å². The molecule has 0 saturated carbocycles. The van der Waals surface area contributed by atoms with Gasteiger partial charge in [0.2, 0.25) is 11.8 Å². The van der Waals surface area contributed by atoms with E-state index in [0.717, 1.165) is 25.9 Å². The van der Waals surface area contributed by atoms with Crippen molar-refractivity contribution in [2.24, 2.45) is 5.92 Å². The third-order valence-corrected chi connectivity index (χ3v) is 4.85. The Morgan fingerprint density at radius 3 is 2.52 bits per heavy atom. The first-order valence-corrected chi connectivity index (χ1v) is 7.86. The van der Waals surface area contributed by atoms with Gasteiger partial charge < -0.3 is 9.80 Å². The Morgan fingerprint density at radius 2 is 1.86 bits per heavy atom. The first-order valence-electron chi connectivity index (χ1n) is 7.10. The number of likely N-dealkylation sites (tertiary alicyclic amines) is 1. The van der Waals surface area contributed by atoms with E-state index >= 15 is 0 Å². The Labute approximate surface area is 133 Å². The molecule has 0 radical (unpaired) electrons. The summed E-state index contributed by atoms with van der Waals surface area (Å²) in [6, 6.07) is 5.10. The minimum atomic E-state index is -0.245. The number of rotatable bonds is 2. The zero-order chi connectivity index (χ0) is 15.0. The minimum Gasteiger partial charge on any atom is -0.342 e. The fourth-order valence-electron chi connectivity index (χ4n) is 2.97. The summed E-state index contributed by atoms with van der Waals surface area (Å²) in [6.07, 6.45) is 2.39. The van der Waals surface area contributed by atoms with Crippen molar-refractivity contribution in [1.82, 2.24) is 4.90 Å². The normalized spacial score (nSPS) is 22.2. The number of nitrogens with zero attached hydrogens (tertiary/aromatic N) is 2. The van der Waals surface area contributed by atoms with Crippen molar-refractivity contribution >= 4 is 40.7 Å². The number of hydrogen-bond donors (Lipinski definition) is 0. The second-order valence-electron chi connectivity index (χ2n) is 5.54. The molecule has 0 aromatic heterocycles. The molecule has 0 aliphatic carbocycles. The van der Waals surface area contributed by atoms with Gasteiger partial charge in [-0.3, -0.25) is 9.59 Å². The van der Waals surface area contributed by atoms with E-state index in [4.69, 9.17) is 23.2 Å². The molecule has 21 heavy (non-hydrogen) atoms. The maximum Gasteiger partial charge on any atom is 0.228 e. The summed E-state index contributed by atoms with van der Waals surface area (Å²) >= 11 is 11.9. The lowest BCUT2D eigenvalue weighted by Crippen LogP contribution is -2.35. The van der Waals surface area contributed by atoms with Gasteiger partial charge in [0.25, 0.3) is 0 Å². The largest absolute Gasteiger partial charge is 0.342 e. The van der Waals surface area contributed by atoms with Crippen LogP contribution in [0.25, 0.3) is 0 Å². The van der Waals surface area contributed by atoms with Gasteiger partial charge in [-0.25, -0.2) is 0 Å². The van der Waals surface area contributed by atoms with E-state index in [1.165, 1.54) is 0 Å². The lowest BCUT2D eigenvalue weighted by Gasteiger charge is -2.20. The summed E-state index contributed by atoms with van der Waals surface area (Å²) in [7, 11) is 0. The third kappa shape index (κ3) is 2.87. The SMILES string of the molecule is O=C(C1CC(=O)N(c2ccc(Cl)c(Cl)c2)C1)N1CCCC1. The fourth-order valence-corrected chi connectivity index (χ4v) is 3.26. The van der Waals surface area contributed by atoms with Crippen LogP contribution in [0.4, 0.5) is 5.69 Å². The molecule has 112 valence electrons. The molecule has 2 saturated heterocycles. The van der Waals surface area contributed by atoms with E-state index in [0.29, 0.717) is 22.3 Å². The molecule has 4 nitrogen and oxygen atoms in total. The molecule has 2 aliphatic heterocycles. The molecule has 1 unspecified atom stereocenters. The van der Waals surface area contributed by atoms with Crippen molar-refractivity contribution in [2.45, 2.75) is 19.3 Å². The molecule has 2 heterocycles. The lowest BCUT2D eigenvalue weighted by molar-refractivity contribution is -0.134. The van der Waals surface area contributed by atoms with Crippen LogP contribution in [-0.4, -0.2) is 36.3 Å². The van der Waals surface area contributed by atoms with Gasteiger partial charge in [-0.05, 0) is 31.0 Å². The van der Waals surface area contributed by atoms with Crippen molar-refractivity contribution in [1.29, 1.82) is 0 Å². The zero-order valence-electron chi connectivity index (χ0n) is 11.5. The van der Waals surface area contributed by atoms with Crippen molar-refractivity contribution in [3.05, 3.63) is 28.2 Å². The van der Waals surface area contributed by atoms with Gasteiger partial charge in [0.15, 0.2) is 0 Å². The van der Waals surface area contributed by atoms with Crippen LogP contribution in [-0.2, 0) is 9.59 Å². The lowest BCUT2D eigenvalue weighted by atomic mass is 10.1. The van der Waals surface area contributed by atoms with Crippen LogP contribution in [0, 0.1) is 5.92 Å². The van der Waals surface area contributed by atoms with Crippen LogP contribution in [0.2, 0.25) is 10.0 Å². The van der Waals surface area contributed by atoms with Crippen LogP contribution in [0.3, 0.4) is 0 Å². The Morgan fingerprint density at radius 1 is 1.14 bits per heavy atom. The monoisotopic (exact) mass is 326 g/mol. The van der Waals surface area contributed by atoms with Gasteiger partial charge in [-0.2, -0.15) is 0 Å². The summed E-state index contributed by atoms with van der Waals surface area (Å²) < 4.78 is 0. The molecular formula is C15H16Cl2N2O2. The van der Waals surface area contributed by atoms with E-state index < -0.39 is 0 Å². The van der Waals surface area contributed by atoms with E-state index in [9.17, 15) is 9.59 Å². The van der Waals surface area contributed by atoms with Crippen molar-refractivity contribution in [2.75, 3.05) is 24.5 Å². The van der Waals surface area contributed by atoms with Gasteiger partial charge in [-0.1, -0.05) is 23.2 Å². The second kappa shape index (κ2) is 5.85. The molecule has 2 fully saturated rings. The molecule has 2 amide bonds. The van der Waals surface area contributed by atoms with E-state index in [2.05, 4.69) is 0 Å². The molecular weight excluding hydrogens is 311 g/mol. The number of carbonyl (C=O) groups excluding carboxylic acids is 2. The van der Waals surface area contributed by atoms with Gasteiger partial charge in [0, 0.05) is 31.7 Å². The number of anilines is 1. The molecule has 1 atom stereocenters. The van der Waals surface area contributed by atoms with Gasteiger partial charge >= 0.3 is 0 Å². The summed E-state index contributed by atoms with van der Waals surface area (Å²) in [4.78, 5) is 28.1. The van der Waals surface area contributed by atoms with Crippen molar-refractivity contribution in [3.63, 3.8) is 0 Å². The van der Waals surface area contributed by atoms with E-state index in [1.807, 2.05) is 4.90 Å². The van der Waals surface area contributed by atoms with Crippen LogP contribution >= 0.6 is 23.2 Å². The first-order chi connectivity index (χ1) is 10.1. The maximum absolute atomic E-state index is 12.4. The Balaban J connectivity index is 1.74. The number of halogens is 2. The predicted octanol–water partition coefficient (Wildman–Crippen LogP) is 2.97. The standard InChI is InChI=1S/C15H16Cl2N2O2/c16-12-4-3-11(8-13(12)17)19-9-10(7-14(19)20)15(21)18-5-1-2-6-18/h3-4,8,10H,1-2,5-7,9H2. The number of benzene rings is 1. The molecule has 1 aromatic carbocycles. The third-order valence-electron chi connectivity index (χ3n) is 4.11. The van der Waals surface area contributed by atoms with E-state index in [-0.39, 0.29) is 24.2 Å². The smallest absolute Gasteiger partial charge is 0.228 e. The van der Waals surface area contributed by atoms with Crippen LogP contribution in [0.15, 0.2) is 18.2 Å². The summed E-state index contributed by atoms with van der Waals surface area (Å²) in [5.74, 6) is -0.181. The van der Waals surface area contributed by atoms with Crippen LogP contribution in [0.5, 0.6) is 0 Å². The number of carbonyl (C=O) groups is 2. The average Bonchev–Trinajstić information content (AvgIpc) is 3.10. The summed E-state index contributed by atoms with van der Waals surface area (Å²) in [6.45, 7) is 2.05. The molecule has 0 N–H and O–H groups in total. The summed E-state index contributed by atoms with van der Waals surface area (Å²) in [5, 5.41) is 0.869. The number of amides is 2. The molecule has 2 aliphatic rings. The second-order valence-corrected chi connectivity index (χ2v) is 6.35. The molecule has 3 rings (SSSR count). The highest BCUT2D eigenvalue weighted by Crippen LogP contribution is 2.31. The maximum atomic E-state index is 12.4. The highest BCUT2D eigenvalue weighted by atomic mass is 35.5. The number of hydrogen-bond acceptors (Lipinski definition) is 2. The predicted molar refractivity (Wildman–Crippen MR) is 82.7 cm³/mol. The molecule has 0 bridgehead atoms. The summed E-state index contributed by atoms with van der Waals surface area (Å²) in [5.41, 5.74) is 0.700. The van der Waals surface area contributed by atoms with Gasteiger partial charge in [0.05, 0.1) is 16.0 Å². The fraction of sp³-hybridized carbons (Fsp3) is 0.467. The van der Waals surface area contributed by atoms with Gasteiger partial charge in [-0.15, -0.1) is 0 Å². The molecule has 6 heteroatoms. The van der Waals surface area contributed by atoms with E-state index in [1.54, 1.807) is 23.1 Å². The van der Waals surface area contributed by atoms with Crippen molar-refractivity contribution < 1.29 is 9.59 Å². The minimum absolute atomic E-state index is 0.0362. The molecule has 1 aromatic rings. The highest BCUT2D eigenvalue weighted by Gasteiger charge is 2.37. The van der Waals surface area contributed by atoms with Crippen LogP contribution < -0.4 is 4.90 Å². The Hall–Kier alpha value is -1.26. The van der Waals surface area contributed by atoms with Crippen LogP contribution in [0.1, 0.15) is 19.3 Å². The average molecular weight is 327 g/mol. The first kappa shape index (κ1) is 14.7.